The number of benzene rings is 1. The summed E-state index contributed by atoms with van der Waals surface area (Å²) in [6.07, 6.45) is 0. The molecule has 0 unspecified atom stereocenters. The Hall–Kier alpha value is -0.860. The third-order valence-electron chi connectivity index (χ3n) is 3.91. The molecule has 0 aliphatic carbocycles. The van der Waals surface area contributed by atoms with Crippen molar-refractivity contribution < 1.29 is 4.74 Å². The summed E-state index contributed by atoms with van der Waals surface area (Å²) in [7, 11) is 2.16. The van der Waals surface area contributed by atoms with E-state index in [2.05, 4.69) is 67.6 Å². The molecule has 0 heterocycles. The molecule has 0 amide bonds. The molecule has 0 aromatic heterocycles. The second-order valence-electron chi connectivity index (χ2n) is 6.10. The third kappa shape index (κ3) is 10.0. The van der Waals surface area contributed by atoms with Gasteiger partial charge in [0.2, 0.25) is 0 Å². The van der Waals surface area contributed by atoms with Gasteiger partial charge < -0.3 is 15.4 Å². The molecule has 25 heavy (non-hydrogen) atoms. The highest BCUT2D eigenvalue weighted by Crippen LogP contribution is 2.13. The molecule has 6 heteroatoms. The number of rotatable bonds is 10. The first-order valence-electron chi connectivity index (χ1n) is 8.95. The molecule has 1 aromatic rings. The summed E-state index contributed by atoms with van der Waals surface area (Å²) in [4.78, 5) is 7.06. The second-order valence-corrected chi connectivity index (χ2v) is 6.10. The standard InChI is InChI=1S/C19H34N4O.HI/c1-6-20-19(21-12-13-24-7-2)22-14-17-10-8-9-11-18(17)15-23(5)16(3)4;/h8-11,16H,6-7,12-15H2,1-5H3,(H2,20,21,22);1H. The molecule has 144 valence electrons. The molecule has 0 bridgehead atoms. The highest BCUT2D eigenvalue weighted by Gasteiger charge is 2.08. The normalized spacial score (nSPS) is 11.6. The Morgan fingerprint density at radius 2 is 1.84 bits per heavy atom. The zero-order valence-corrected chi connectivity index (χ0v) is 18.7. The lowest BCUT2D eigenvalue weighted by molar-refractivity contribution is 0.152. The van der Waals surface area contributed by atoms with Gasteiger partial charge in [-0.25, -0.2) is 4.99 Å². The smallest absolute Gasteiger partial charge is 0.191 e. The second kappa shape index (κ2) is 14.3. The van der Waals surface area contributed by atoms with E-state index in [4.69, 9.17) is 9.73 Å². The van der Waals surface area contributed by atoms with E-state index in [0.717, 1.165) is 32.2 Å². The first-order valence-corrected chi connectivity index (χ1v) is 8.95. The summed E-state index contributed by atoms with van der Waals surface area (Å²) in [5, 5.41) is 6.59. The molecule has 0 spiro atoms. The average Bonchev–Trinajstić information content (AvgIpc) is 2.57. The molecule has 5 nitrogen and oxygen atoms in total. The number of guanidine groups is 1. The number of ether oxygens (including phenoxy) is 1. The van der Waals surface area contributed by atoms with E-state index in [9.17, 15) is 0 Å². The van der Waals surface area contributed by atoms with Gasteiger partial charge in [-0.15, -0.1) is 24.0 Å². The Balaban J connectivity index is 0.00000576. The summed E-state index contributed by atoms with van der Waals surface area (Å²) in [6.45, 7) is 13.2. The van der Waals surface area contributed by atoms with Gasteiger partial charge in [-0.3, -0.25) is 4.90 Å². The van der Waals surface area contributed by atoms with Crippen molar-refractivity contribution in [3.8, 4) is 0 Å². The lowest BCUT2D eigenvalue weighted by Gasteiger charge is -2.22. The van der Waals surface area contributed by atoms with Gasteiger partial charge in [0.15, 0.2) is 5.96 Å². The monoisotopic (exact) mass is 462 g/mol. The Morgan fingerprint density at radius 3 is 2.44 bits per heavy atom. The number of hydrogen-bond acceptors (Lipinski definition) is 3. The van der Waals surface area contributed by atoms with Crippen LogP contribution in [0, 0.1) is 0 Å². The van der Waals surface area contributed by atoms with Crippen LogP contribution in [0.15, 0.2) is 29.3 Å². The molecule has 1 rings (SSSR count). The Kier molecular flexibility index (Phi) is 13.8. The van der Waals surface area contributed by atoms with Crippen LogP contribution >= 0.6 is 24.0 Å². The van der Waals surface area contributed by atoms with E-state index in [1.165, 1.54) is 11.1 Å². The Labute approximate surface area is 170 Å². The zero-order valence-electron chi connectivity index (χ0n) is 16.3. The summed E-state index contributed by atoms with van der Waals surface area (Å²) in [6, 6.07) is 9.07. The number of nitrogens with zero attached hydrogens (tertiary/aromatic N) is 2. The summed E-state index contributed by atoms with van der Waals surface area (Å²) < 4.78 is 5.36. The number of halogens is 1. The van der Waals surface area contributed by atoms with Gasteiger partial charge in [-0.2, -0.15) is 0 Å². The van der Waals surface area contributed by atoms with Gasteiger partial charge >= 0.3 is 0 Å². The van der Waals surface area contributed by atoms with Crippen molar-refractivity contribution in [3.05, 3.63) is 35.4 Å². The van der Waals surface area contributed by atoms with Crippen molar-refractivity contribution in [2.75, 3.05) is 33.4 Å². The molecule has 2 N–H and O–H groups in total. The molecule has 1 aromatic carbocycles. The van der Waals surface area contributed by atoms with Crippen LogP contribution < -0.4 is 10.6 Å². The van der Waals surface area contributed by atoms with Crippen LogP contribution in [-0.2, 0) is 17.8 Å². The largest absolute Gasteiger partial charge is 0.380 e. The predicted octanol–water partition coefficient (Wildman–Crippen LogP) is 3.24. The Morgan fingerprint density at radius 1 is 1.16 bits per heavy atom. The van der Waals surface area contributed by atoms with Crippen molar-refractivity contribution in [2.45, 2.75) is 46.8 Å². The van der Waals surface area contributed by atoms with E-state index < -0.39 is 0 Å². The SMILES string of the molecule is CCNC(=NCc1ccccc1CN(C)C(C)C)NCCOCC.I. The summed E-state index contributed by atoms with van der Waals surface area (Å²) in [5.41, 5.74) is 2.61. The number of hydrogen-bond donors (Lipinski definition) is 2. The van der Waals surface area contributed by atoms with E-state index in [0.29, 0.717) is 19.2 Å². The van der Waals surface area contributed by atoms with Gasteiger partial charge in [0.05, 0.1) is 13.2 Å². The molecule has 0 aliphatic rings. The van der Waals surface area contributed by atoms with Gasteiger partial charge in [-0.05, 0) is 45.9 Å². The molecule has 0 aliphatic heterocycles. The molecule has 0 saturated heterocycles. The van der Waals surface area contributed by atoms with Crippen LogP contribution in [0.4, 0.5) is 0 Å². The van der Waals surface area contributed by atoms with E-state index in [1.54, 1.807) is 0 Å². The highest BCUT2D eigenvalue weighted by molar-refractivity contribution is 14.0. The minimum atomic E-state index is 0. The quantitative estimate of drug-likeness (QED) is 0.243. The van der Waals surface area contributed by atoms with Crippen LogP contribution in [0.5, 0.6) is 0 Å². The molecular formula is C19H35IN4O. The average molecular weight is 462 g/mol. The first-order chi connectivity index (χ1) is 11.6. The van der Waals surface area contributed by atoms with E-state index in [1.807, 2.05) is 6.92 Å². The molecule has 0 atom stereocenters. The summed E-state index contributed by atoms with van der Waals surface area (Å²) >= 11 is 0. The van der Waals surface area contributed by atoms with Gasteiger partial charge in [0, 0.05) is 32.3 Å². The first kappa shape index (κ1) is 24.1. The minimum absolute atomic E-state index is 0. The van der Waals surface area contributed by atoms with E-state index >= 15 is 0 Å². The van der Waals surface area contributed by atoms with Gasteiger partial charge in [0.25, 0.3) is 0 Å². The van der Waals surface area contributed by atoms with Gasteiger partial charge in [0.1, 0.15) is 0 Å². The van der Waals surface area contributed by atoms with Gasteiger partial charge in [-0.1, -0.05) is 24.3 Å². The molecular weight excluding hydrogens is 427 g/mol. The highest BCUT2D eigenvalue weighted by atomic mass is 127. The summed E-state index contributed by atoms with van der Waals surface area (Å²) in [5.74, 6) is 0.837. The molecule has 0 fully saturated rings. The van der Waals surface area contributed by atoms with Crippen LogP contribution in [0.2, 0.25) is 0 Å². The molecule has 0 radical (unpaired) electrons. The minimum Gasteiger partial charge on any atom is -0.380 e. The number of nitrogens with one attached hydrogen (secondary N) is 2. The maximum absolute atomic E-state index is 5.36. The Bertz CT molecular complexity index is 494. The topological polar surface area (TPSA) is 48.9 Å². The fraction of sp³-hybridized carbons (Fsp3) is 0.632. The predicted molar refractivity (Wildman–Crippen MR) is 118 cm³/mol. The maximum Gasteiger partial charge on any atom is 0.191 e. The molecule has 0 saturated carbocycles. The third-order valence-corrected chi connectivity index (χ3v) is 3.91. The van der Waals surface area contributed by atoms with Crippen molar-refractivity contribution >= 4 is 29.9 Å². The van der Waals surface area contributed by atoms with Crippen molar-refractivity contribution in [1.29, 1.82) is 0 Å². The zero-order chi connectivity index (χ0) is 17.8. The lowest BCUT2D eigenvalue weighted by Crippen LogP contribution is -2.39. The fourth-order valence-electron chi connectivity index (χ4n) is 2.21. The fourth-order valence-corrected chi connectivity index (χ4v) is 2.21. The van der Waals surface area contributed by atoms with Crippen molar-refractivity contribution in [1.82, 2.24) is 15.5 Å². The van der Waals surface area contributed by atoms with Crippen molar-refractivity contribution in [2.24, 2.45) is 4.99 Å². The van der Waals surface area contributed by atoms with Crippen LogP contribution in [-0.4, -0.2) is 50.3 Å². The van der Waals surface area contributed by atoms with Crippen LogP contribution in [0.3, 0.4) is 0 Å². The van der Waals surface area contributed by atoms with E-state index in [-0.39, 0.29) is 24.0 Å². The van der Waals surface area contributed by atoms with Crippen LogP contribution in [0.1, 0.15) is 38.8 Å². The van der Waals surface area contributed by atoms with Crippen molar-refractivity contribution in [3.63, 3.8) is 0 Å². The lowest BCUT2D eigenvalue weighted by atomic mass is 10.1. The maximum atomic E-state index is 5.36. The number of aliphatic imine (C=N–C) groups is 1. The van der Waals surface area contributed by atoms with Crippen LogP contribution in [0.25, 0.3) is 0 Å².